The number of pyridine rings is 1. The molecule has 0 unspecified atom stereocenters. The minimum atomic E-state index is -0.221. The Hall–Kier alpha value is -1.91. The van der Waals surface area contributed by atoms with Gasteiger partial charge in [-0.05, 0) is 25.8 Å². The third kappa shape index (κ3) is 5.07. The Labute approximate surface area is 113 Å². The molecule has 0 saturated carbocycles. The monoisotopic (exact) mass is 263 g/mol. The summed E-state index contributed by atoms with van der Waals surface area (Å²) in [6, 6.07) is 1.60. The lowest BCUT2D eigenvalue weighted by Gasteiger charge is -2.10. The van der Waals surface area contributed by atoms with Gasteiger partial charge in [0.05, 0.1) is 11.1 Å². The summed E-state index contributed by atoms with van der Waals surface area (Å²) >= 11 is 0. The van der Waals surface area contributed by atoms with E-state index in [1.807, 2.05) is 27.7 Å². The Bertz CT molecular complexity index is 456. The summed E-state index contributed by atoms with van der Waals surface area (Å²) in [5.41, 5.74) is 0.794. The zero-order valence-electron chi connectivity index (χ0n) is 11.9. The second-order valence-electron chi connectivity index (χ2n) is 5.19. The molecule has 0 saturated heterocycles. The van der Waals surface area contributed by atoms with Crippen molar-refractivity contribution < 1.29 is 9.59 Å². The van der Waals surface area contributed by atoms with E-state index in [0.717, 1.165) is 0 Å². The van der Waals surface area contributed by atoms with Crippen LogP contribution < -0.4 is 10.6 Å². The van der Waals surface area contributed by atoms with Gasteiger partial charge in [-0.1, -0.05) is 13.8 Å². The molecular formula is C14H21N3O2. The predicted molar refractivity (Wildman–Crippen MR) is 74.0 cm³/mol. The molecule has 0 aliphatic carbocycles. The highest BCUT2D eigenvalue weighted by atomic mass is 16.2. The number of hydrogen-bond donors (Lipinski definition) is 2. The molecule has 1 aromatic rings. The quantitative estimate of drug-likeness (QED) is 0.847. The van der Waals surface area contributed by atoms with Gasteiger partial charge >= 0.3 is 0 Å². The summed E-state index contributed by atoms with van der Waals surface area (Å²) in [4.78, 5) is 27.6. The van der Waals surface area contributed by atoms with Crippen molar-refractivity contribution in [2.45, 2.75) is 33.7 Å². The average molecular weight is 263 g/mol. The lowest BCUT2D eigenvalue weighted by Crippen LogP contribution is -2.31. The van der Waals surface area contributed by atoms with E-state index >= 15 is 0 Å². The first-order chi connectivity index (χ1) is 8.90. The topological polar surface area (TPSA) is 71.1 Å². The Balaban J connectivity index is 2.76. The molecule has 1 rings (SSSR count). The first kappa shape index (κ1) is 15.1. The molecule has 1 heterocycles. The van der Waals surface area contributed by atoms with Gasteiger partial charge in [-0.15, -0.1) is 0 Å². The molecule has 0 atom stereocenters. The van der Waals surface area contributed by atoms with E-state index in [2.05, 4.69) is 15.6 Å². The van der Waals surface area contributed by atoms with Crippen LogP contribution in [0.2, 0.25) is 0 Å². The van der Waals surface area contributed by atoms with Crippen LogP contribution in [0.3, 0.4) is 0 Å². The second-order valence-corrected chi connectivity index (χ2v) is 5.19. The van der Waals surface area contributed by atoms with Gasteiger partial charge in [0.15, 0.2) is 0 Å². The van der Waals surface area contributed by atoms with Crippen LogP contribution in [0.25, 0.3) is 0 Å². The number of amides is 2. The molecule has 0 aromatic carbocycles. The fraction of sp³-hybridized carbons (Fsp3) is 0.500. The molecule has 2 N–H and O–H groups in total. The molecule has 1 aromatic heterocycles. The van der Waals surface area contributed by atoms with Gasteiger partial charge in [0.25, 0.3) is 11.8 Å². The van der Waals surface area contributed by atoms with Crippen molar-refractivity contribution in [3.8, 4) is 0 Å². The summed E-state index contributed by atoms with van der Waals surface area (Å²) in [6.45, 7) is 8.40. The molecule has 2 amide bonds. The summed E-state index contributed by atoms with van der Waals surface area (Å²) in [6.07, 6.45) is 2.92. The van der Waals surface area contributed by atoms with Crippen LogP contribution >= 0.6 is 0 Å². The van der Waals surface area contributed by atoms with Crippen LogP contribution in [0.4, 0.5) is 0 Å². The first-order valence-electron chi connectivity index (χ1n) is 6.44. The first-order valence-corrected chi connectivity index (χ1v) is 6.44. The lowest BCUT2D eigenvalue weighted by atomic mass is 10.1. The fourth-order valence-electron chi connectivity index (χ4n) is 1.43. The predicted octanol–water partition coefficient (Wildman–Crippen LogP) is 1.61. The van der Waals surface area contributed by atoms with Gasteiger partial charge in [-0.2, -0.15) is 0 Å². The molecular weight excluding hydrogens is 242 g/mol. The Morgan fingerprint density at radius 2 is 1.68 bits per heavy atom. The van der Waals surface area contributed by atoms with Crippen molar-refractivity contribution >= 4 is 11.8 Å². The number of nitrogens with one attached hydrogen (secondary N) is 2. The van der Waals surface area contributed by atoms with E-state index in [-0.39, 0.29) is 17.9 Å². The van der Waals surface area contributed by atoms with Gasteiger partial charge in [0.2, 0.25) is 0 Å². The van der Waals surface area contributed by atoms with E-state index in [4.69, 9.17) is 0 Å². The maximum Gasteiger partial charge on any atom is 0.253 e. The minimum absolute atomic E-state index is 0.0472. The van der Waals surface area contributed by atoms with E-state index in [1.54, 1.807) is 6.07 Å². The van der Waals surface area contributed by atoms with E-state index in [1.165, 1.54) is 12.4 Å². The van der Waals surface area contributed by atoms with Crippen LogP contribution in [0.15, 0.2) is 18.5 Å². The third-order valence-electron chi connectivity index (χ3n) is 2.35. The molecule has 0 fully saturated rings. The van der Waals surface area contributed by atoms with Gasteiger partial charge < -0.3 is 10.6 Å². The van der Waals surface area contributed by atoms with Crippen molar-refractivity contribution in [2.24, 2.45) is 5.92 Å². The Kier molecular flexibility index (Phi) is 5.48. The number of rotatable bonds is 5. The van der Waals surface area contributed by atoms with Gasteiger partial charge in [-0.25, -0.2) is 0 Å². The molecule has 0 aliphatic heterocycles. The molecule has 104 valence electrons. The molecule has 0 radical (unpaired) electrons. The van der Waals surface area contributed by atoms with Crippen LogP contribution in [0.1, 0.15) is 48.4 Å². The highest BCUT2D eigenvalue weighted by Crippen LogP contribution is 2.04. The van der Waals surface area contributed by atoms with Crippen molar-refractivity contribution in [1.29, 1.82) is 0 Å². The highest BCUT2D eigenvalue weighted by molar-refractivity contribution is 5.99. The molecule has 0 bridgehead atoms. The van der Waals surface area contributed by atoms with E-state index in [0.29, 0.717) is 23.6 Å². The summed E-state index contributed by atoms with van der Waals surface area (Å²) in [5, 5.41) is 5.56. The number of nitrogens with zero attached hydrogens (tertiary/aromatic N) is 1. The number of hydrogen-bond acceptors (Lipinski definition) is 3. The largest absolute Gasteiger partial charge is 0.352 e. The number of carbonyl (C=O) groups excluding carboxylic acids is 2. The third-order valence-corrected chi connectivity index (χ3v) is 2.35. The smallest absolute Gasteiger partial charge is 0.253 e. The van der Waals surface area contributed by atoms with Gasteiger partial charge in [0, 0.05) is 25.0 Å². The van der Waals surface area contributed by atoms with E-state index < -0.39 is 0 Å². The maximum atomic E-state index is 11.9. The SMILES string of the molecule is CC(C)CNC(=O)c1cncc(C(=O)NC(C)C)c1. The normalized spacial score (nSPS) is 10.6. The molecule has 5 heteroatoms. The highest BCUT2D eigenvalue weighted by Gasteiger charge is 2.12. The molecule has 19 heavy (non-hydrogen) atoms. The molecule has 0 aliphatic rings. The van der Waals surface area contributed by atoms with Crippen molar-refractivity contribution in [2.75, 3.05) is 6.54 Å². The standard InChI is InChI=1S/C14H21N3O2/c1-9(2)6-16-13(18)11-5-12(8-15-7-11)14(19)17-10(3)4/h5,7-10H,6H2,1-4H3,(H,16,18)(H,17,19). The molecule has 5 nitrogen and oxygen atoms in total. The summed E-state index contributed by atoms with van der Waals surface area (Å²) in [5.74, 6) is -0.0502. The number of aromatic nitrogens is 1. The summed E-state index contributed by atoms with van der Waals surface area (Å²) in [7, 11) is 0. The number of carbonyl (C=O) groups is 2. The zero-order valence-corrected chi connectivity index (χ0v) is 11.9. The molecule has 0 spiro atoms. The van der Waals surface area contributed by atoms with Gasteiger partial charge in [0.1, 0.15) is 0 Å². The second kappa shape index (κ2) is 6.87. The average Bonchev–Trinajstić information content (AvgIpc) is 2.35. The van der Waals surface area contributed by atoms with Gasteiger partial charge in [-0.3, -0.25) is 14.6 Å². The minimum Gasteiger partial charge on any atom is -0.352 e. The zero-order chi connectivity index (χ0) is 14.4. The van der Waals surface area contributed by atoms with Crippen LogP contribution in [-0.4, -0.2) is 29.4 Å². The Morgan fingerprint density at radius 1 is 1.11 bits per heavy atom. The van der Waals surface area contributed by atoms with Crippen LogP contribution in [-0.2, 0) is 0 Å². The lowest BCUT2D eigenvalue weighted by molar-refractivity contribution is 0.0942. The van der Waals surface area contributed by atoms with Crippen LogP contribution in [0, 0.1) is 5.92 Å². The fourth-order valence-corrected chi connectivity index (χ4v) is 1.43. The van der Waals surface area contributed by atoms with Crippen molar-refractivity contribution in [1.82, 2.24) is 15.6 Å². The van der Waals surface area contributed by atoms with Crippen LogP contribution in [0.5, 0.6) is 0 Å². The van der Waals surface area contributed by atoms with E-state index in [9.17, 15) is 9.59 Å². The van der Waals surface area contributed by atoms with Crippen molar-refractivity contribution in [3.63, 3.8) is 0 Å². The summed E-state index contributed by atoms with van der Waals surface area (Å²) < 4.78 is 0. The van der Waals surface area contributed by atoms with Crippen molar-refractivity contribution in [3.05, 3.63) is 29.6 Å². The Morgan fingerprint density at radius 3 is 2.21 bits per heavy atom. The maximum absolute atomic E-state index is 11.9.